The molecule has 1 aromatic heterocycles. The van der Waals surface area contributed by atoms with E-state index in [1.54, 1.807) is 14.0 Å². The van der Waals surface area contributed by atoms with Crippen molar-refractivity contribution in [2.45, 2.75) is 20.3 Å². The fourth-order valence-electron chi connectivity index (χ4n) is 1.46. The number of aromatic nitrogens is 2. The summed E-state index contributed by atoms with van der Waals surface area (Å²) in [6, 6.07) is 0. The SMILES string of the molecule is CNc1nc(C)nc(NCCOCC(F)F)c1C. The molecular weight excluding hydrogens is 242 g/mol. The quantitative estimate of drug-likeness (QED) is 0.732. The summed E-state index contributed by atoms with van der Waals surface area (Å²) in [6.45, 7) is 3.77. The number of aryl methyl sites for hydroxylation is 1. The van der Waals surface area contributed by atoms with Crippen LogP contribution < -0.4 is 10.6 Å². The minimum Gasteiger partial charge on any atom is -0.374 e. The van der Waals surface area contributed by atoms with Gasteiger partial charge >= 0.3 is 0 Å². The zero-order valence-corrected chi connectivity index (χ0v) is 10.8. The second-order valence-corrected chi connectivity index (χ2v) is 3.74. The van der Waals surface area contributed by atoms with Gasteiger partial charge in [-0.2, -0.15) is 0 Å². The molecule has 0 saturated carbocycles. The number of halogens is 2. The van der Waals surface area contributed by atoms with Crippen LogP contribution in [0.25, 0.3) is 0 Å². The van der Waals surface area contributed by atoms with Crippen molar-refractivity contribution in [2.75, 3.05) is 37.4 Å². The molecule has 0 aliphatic carbocycles. The Labute approximate surface area is 105 Å². The first-order valence-corrected chi connectivity index (χ1v) is 5.67. The minimum atomic E-state index is -2.43. The van der Waals surface area contributed by atoms with Gasteiger partial charge in [0.1, 0.15) is 24.1 Å². The van der Waals surface area contributed by atoms with Crippen LogP contribution in [0.3, 0.4) is 0 Å². The lowest BCUT2D eigenvalue weighted by Gasteiger charge is -2.12. The maximum Gasteiger partial charge on any atom is 0.261 e. The molecule has 0 spiro atoms. The van der Waals surface area contributed by atoms with E-state index < -0.39 is 13.0 Å². The van der Waals surface area contributed by atoms with Crippen molar-refractivity contribution in [1.82, 2.24) is 9.97 Å². The Morgan fingerprint density at radius 1 is 1.22 bits per heavy atom. The van der Waals surface area contributed by atoms with Gasteiger partial charge in [-0.1, -0.05) is 0 Å². The predicted octanol–water partition coefficient (Wildman–Crippen LogP) is 1.83. The van der Waals surface area contributed by atoms with Gasteiger partial charge in [0.15, 0.2) is 0 Å². The summed E-state index contributed by atoms with van der Waals surface area (Å²) in [7, 11) is 1.78. The fraction of sp³-hybridized carbons (Fsp3) is 0.636. The Morgan fingerprint density at radius 2 is 1.89 bits per heavy atom. The molecule has 0 fully saturated rings. The molecule has 102 valence electrons. The van der Waals surface area contributed by atoms with Crippen LogP contribution in [0, 0.1) is 13.8 Å². The van der Waals surface area contributed by atoms with Crippen LogP contribution in [-0.2, 0) is 4.74 Å². The molecule has 2 N–H and O–H groups in total. The lowest BCUT2D eigenvalue weighted by molar-refractivity contribution is 0.0214. The van der Waals surface area contributed by atoms with E-state index in [-0.39, 0.29) is 6.61 Å². The Kier molecular flexibility index (Phi) is 5.70. The summed E-state index contributed by atoms with van der Waals surface area (Å²) in [5.41, 5.74) is 0.886. The Hall–Kier alpha value is -1.50. The fourth-order valence-corrected chi connectivity index (χ4v) is 1.46. The number of hydrogen-bond donors (Lipinski definition) is 2. The van der Waals surface area contributed by atoms with Gasteiger partial charge in [0.25, 0.3) is 6.43 Å². The molecule has 0 atom stereocenters. The average molecular weight is 260 g/mol. The van der Waals surface area contributed by atoms with E-state index in [0.29, 0.717) is 18.2 Å². The molecule has 0 saturated heterocycles. The number of rotatable bonds is 7. The molecule has 0 bridgehead atoms. The normalized spacial score (nSPS) is 10.8. The van der Waals surface area contributed by atoms with E-state index in [2.05, 4.69) is 20.6 Å². The van der Waals surface area contributed by atoms with Crippen molar-refractivity contribution >= 4 is 11.6 Å². The first-order chi connectivity index (χ1) is 8.54. The highest BCUT2D eigenvalue weighted by Crippen LogP contribution is 2.18. The molecule has 0 unspecified atom stereocenters. The highest BCUT2D eigenvalue weighted by Gasteiger charge is 2.07. The molecule has 0 aromatic carbocycles. The van der Waals surface area contributed by atoms with Crippen molar-refractivity contribution < 1.29 is 13.5 Å². The third-order valence-electron chi connectivity index (χ3n) is 2.28. The van der Waals surface area contributed by atoms with E-state index in [4.69, 9.17) is 4.74 Å². The van der Waals surface area contributed by atoms with Crippen LogP contribution in [0.5, 0.6) is 0 Å². The Bertz CT molecular complexity index is 388. The van der Waals surface area contributed by atoms with Crippen LogP contribution in [0.2, 0.25) is 0 Å². The van der Waals surface area contributed by atoms with E-state index in [0.717, 1.165) is 11.4 Å². The summed E-state index contributed by atoms with van der Waals surface area (Å²) in [5, 5.41) is 6.01. The summed E-state index contributed by atoms with van der Waals surface area (Å²) in [4.78, 5) is 8.47. The molecule has 18 heavy (non-hydrogen) atoms. The van der Waals surface area contributed by atoms with Crippen LogP contribution in [0.15, 0.2) is 0 Å². The number of alkyl halides is 2. The standard InChI is InChI=1S/C11H18F2N4O/c1-7-10(14-3)16-8(2)17-11(7)15-4-5-18-6-9(12)13/h9H,4-6H2,1-3H3,(H2,14,15,16,17). The van der Waals surface area contributed by atoms with Crippen LogP contribution >= 0.6 is 0 Å². The van der Waals surface area contributed by atoms with Gasteiger partial charge in [0.2, 0.25) is 0 Å². The summed E-state index contributed by atoms with van der Waals surface area (Å²) >= 11 is 0. The topological polar surface area (TPSA) is 59.1 Å². The maximum atomic E-state index is 11.8. The second-order valence-electron chi connectivity index (χ2n) is 3.74. The highest BCUT2D eigenvalue weighted by atomic mass is 19.3. The van der Waals surface area contributed by atoms with Crippen molar-refractivity contribution in [2.24, 2.45) is 0 Å². The molecule has 0 aliphatic heterocycles. The molecule has 0 amide bonds. The molecule has 0 aliphatic rings. The Morgan fingerprint density at radius 3 is 2.50 bits per heavy atom. The first kappa shape index (κ1) is 14.6. The molecule has 7 heteroatoms. The Balaban J connectivity index is 2.49. The van der Waals surface area contributed by atoms with Gasteiger partial charge in [0.05, 0.1) is 6.61 Å². The van der Waals surface area contributed by atoms with E-state index in [1.165, 1.54) is 0 Å². The van der Waals surface area contributed by atoms with E-state index in [1.807, 2.05) is 6.92 Å². The van der Waals surface area contributed by atoms with Gasteiger partial charge in [-0.15, -0.1) is 0 Å². The molecule has 0 radical (unpaired) electrons. The van der Waals surface area contributed by atoms with Gasteiger partial charge in [-0.05, 0) is 13.8 Å². The van der Waals surface area contributed by atoms with E-state index in [9.17, 15) is 8.78 Å². The smallest absolute Gasteiger partial charge is 0.261 e. The maximum absolute atomic E-state index is 11.8. The zero-order chi connectivity index (χ0) is 13.5. The van der Waals surface area contributed by atoms with Gasteiger partial charge in [-0.25, -0.2) is 18.7 Å². The average Bonchev–Trinajstić information content (AvgIpc) is 2.32. The summed E-state index contributed by atoms with van der Waals surface area (Å²) in [6.07, 6.45) is -2.43. The number of nitrogens with one attached hydrogen (secondary N) is 2. The van der Waals surface area contributed by atoms with Crippen LogP contribution in [0.4, 0.5) is 20.4 Å². The first-order valence-electron chi connectivity index (χ1n) is 5.67. The van der Waals surface area contributed by atoms with Crippen LogP contribution in [-0.4, -0.2) is 43.2 Å². The molecular formula is C11H18F2N4O. The lowest BCUT2D eigenvalue weighted by atomic mass is 10.3. The monoisotopic (exact) mass is 260 g/mol. The van der Waals surface area contributed by atoms with Crippen molar-refractivity contribution in [3.63, 3.8) is 0 Å². The number of ether oxygens (including phenoxy) is 1. The van der Waals surface area contributed by atoms with Gasteiger partial charge in [-0.3, -0.25) is 0 Å². The highest BCUT2D eigenvalue weighted by molar-refractivity contribution is 5.56. The number of anilines is 2. The largest absolute Gasteiger partial charge is 0.374 e. The van der Waals surface area contributed by atoms with Crippen LogP contribution in [0.1, 0.15) is 11.4 Å². The number of hydrogen-bond acceptors (Lipinski definition) is 5. The molecule has 1 heterocycles. The molecule has 5 nitrogen and oxygen atoms in total. The zero-order valence-electron chi connectivity index (χ0n) is 10.8. The molecule has 1 rings (SSSR count). The minimum absolute atomic E-state index is 0.210. The second kappa shape index (κ2) is 7.05. The number of nitrogens with zero attached hydrogens (tertiary/aromatic N) is 2. The van der Waals surface area contributed by atoms with Crippen molar-refractivity contribution in [1.29, 1.82) is 0 Å². The third-order valence-corrected chi connectivity index (χ3v) is 2.28. The van der Waals surface area contributed by atoms with Crippen molar-refractivity contribution in [3.05, 3.63) is 11.4 Å². The lowest BCUT2D eigenvalue weighted by Crippen LogP contribution is -2.15. The summed E-state index contributed by atoms with van der Waals surface area (Å²) in [5.74, 6) is 2.08. The van der Waals surface area contributed by atoms with Gasteiger partial charge < -0.3 is 15.4 Å². The molecule has 1 aromatic rings. The summed E-state index contributed by atoms with van der Waals surface area (Å²) < 4.78 is 28.4. The third kappa shape index (κ3) is 4.40. The van der Waals surface area contributed by atoms with Gasteiger partial charge in [0, 0.05) is 19.2 Å². The predicted molar refractivity (Wildman–Crippen MR) is 66.4 cm³/mol. The van der Waals surface area contributed by atoms with Crippen molar-refractivity contribution in [3.8, 4) is 0 Å². The van der Waals surface area contributed by atoms with E-state index >= 15 is 0 Å².